The van der Waals surface area contributed by atoms with Crippen molar-refractivity contribution in [3.05, 3.63) is 0 Å². The smallest absolute Gasteiger partial charge is 0.307 e. The summed E-state index contributed by atoms with van der Waals surface area (Å²) in [6.45, 7) is 10.5. The highest BCUT2D eigenvalue weighted by Gasteiger charge is 2.51. The number of ether oxygens (including phenoxy) is 1. The second-order valence-electron chi connectivity index (χ2n) is 9.59. The zero-order valence-electron chi connectivity index (χ0n) is 17.5. The molecule has 2 saturated heterocycles. The Morgan fingerprint density at radius 3 is 2.32 bits per heavy atom. The molecule has 8 heteroatoms. The van der Waals surface area contributed by atoms with Gasteiger partial charge in [0.05, 0.1) is 25.0 Å². The molecule has 2 fully saturated rings. The van der Waals surface area contributed by atoms with E-state index >= 15 is 0 Å². The summed E-state index contributed by atoms with van der Waals surface area (Å²) in [4.78, 5) is 41.0. The Kier molecular flexibility index (Phi) is 6.07. The Morgan fingerprint density at radius 2 is 1.82 bits per heavy atom. The molecular formula is C20H30FN3O4. The highest BCUT2D eigenvalue weighted by Crippen LogP contribution is 2.36. The first-order valence-corrected chi connectivity index (χ1v) is 9.63. The maximum absolute atomic E-state index is 13.8. The lowest BCUT2D eigenvalue weighted by molar-refractivity contribution is -0.157. The van der Waals surface area contributed by atoms with Crippen molar-refractivity contribution in [3.8, 4) is 6.07 Å². The lowest BCUT2D eigenvalue weighted by Gasteiger charge is -2.38. The molecule has 2 aliphatic rings. The van der Waals surface area contributed by atoms with Crippen LogP contribution >= 0.6 is 0 Å². The van der Waals surface area contributed by atoms with Gasteiger partial charge in [0.2, 0.25) is 11.8 Å². The van der Waals surface area contributed by atoms with Gasteiger partial charge >= 0.3 is 5.97 Å². The molecule has 156 valence electrons. The van der Waals surface area contributed by atoms with Gasteiger partial charge in [-0.15, -0.1) is 0 Å². The summed E-state index contributed by atoms with van der Waals surface area (Å²) < 4.78 is 19.1. The molecule has 2 aliphatic heterocycles. The number of alkyl halides is 1. The number of amides is 2. The Morgan fingerprint density at radius 1 is 1.21 bits per heavy atom. The molecule has 0 bridgehead atoms. The van der Waals surface area contributed by atoms with Crippen molar-refractivity contribution in [2.45, 2.75) is 90.2 Å². The van der Waals surface area contributed by atoms with Gasteiger partial charge in [-0.25, -0.2) is 4.39 Å². The fourth-order valence-corrected chi connectivity index (χ4v) is 3.93. The number of carbonyl (C=O) groups excluding carboxylic acids is 3. The predicted octanol–water partition coefficient (Wildman–Crippen LogP) is 2.20. The number of rotatable bonds is 3. The number of nitrogens with zero attached hydrogens (tertiary/aromatic N) is 3. The second kappa shape index (κ2) is 7.69. The van der Waals surface area contributed by atoms with Gasteiger partial charge in [0.25, 0.3) is 0 Å². The third-order valence-corrected chi connectivity index (χ3v) is 4.93. The van der Waals surface area contributed by atoms with Crippen molar-refractivity contribution in [3.63, 3.8) is 0 Å². The van der Waals surface area contributed by atoms with Crippen LogP contribution in [0.5, 0.6) is 0 Å². The van der Waals surface area contributed by atoms with Gasteiger partial charge in [-0.1, -0.05) is 0 Å². The average molecular weight is 395 g/mol. The van der Waals surface area contributed by atoms with Crippen molar-refractivity contribution >= 4 is 17.8 Å². The molecule has 2 amide bonds. The standard InChI is InChI=1S/C20H30FN3O4/c1-19(2,3)24-15(18(27)23-11-13(21)9-14(23)10-22)7-12(17(24)26)8-16(25)28-20(4,5)6/h12-15H,7-9,11H2,1-6H3/t12-,13-,14-,15-/m0/s1. The molecule has 4 atom stereocenters. The minimum Gasteiger partial charge on any atom is -0.460 e. The molecule has 2 heterocycles. The van der Waals surface area contributed by atoms with Gasteiger partial charge in [0, 0.05) is 12.0 Å². The maximum Gasteiger partial charge on any atom is 0.307 e. The number of nitriles is 1. The zero-order chi connectivity index (χ0) is 21.4. The Labute approximate surface area is 165 Å². The van der Waals surface area contributed by atoms with Gasteiger partial charge in [-0.2, -0.15) is 5.26 Å². The first kappa shape index (κ1) is 22.1. The van der Waals surface area contributed by atoms with E-state index in [1.165, 1.54) is 9.80 Å². The van der Waals surface area contributed by atoms with Crippen LogP contribution in [0.4, 0.5) is 4.39 Å². The lowest BCUT2D eigenvalue weighted by Crippen LogP contribution is -2.54. The molecule has 0 radical (unpaired) electrons. The highest BCUT2D eigenvalue weighted by molar-refractivity contribution is 5.94. The summed E-state index contributed by atoms with van der Waals surface area (Å²) in [7, 11) is 0. The molecule has 7 nitrogen and oxygen atoms in total. The van der Waals surface area contributed by atoms with Crippen LogP contribution in [0.2, 0.25) is 0 Å². The fourth-order valence-electron chi connectivity index (χ4n) is 3.93. The average Bonchev–Trinajstić information content (AvgIpc) is 3.05. The Balaban J connectivity index is 2.23. The summed E-state index contributed by atoms with van der Waals surface area (Å²) in [5, 5.41) is 9.25. The molecule has 0 aromatic heterocycles. The van der Waals surface area contributed by atoms with Crippen molar-refractivity contribution in [2.24, 2.45) is 5.92 Å². The number of esters is 1. The minimum atomic E-state index is -1.24. The SMILES string of the molecule is CC(C)(C)OC(=O)C[C@@H]1C[C@@H](C(=O)N2C[C@@H](F)C[C@H]2C#N)N(C(C)(C)C)C1=O. The number of carbonyl (C=O) groups is 3. The van der Waals surface area contributed by atoms with Gasteiger partial charge < -0.3 is 14.5 Å². The van der Waals surface area contributed by atoms with E-state index in [0.29, 0.717) is 0 Å². The van der Waals surface area contributed by atoms with E-state index in [1.807, 2.05) is 26.8 Å². The molecule has 0 unspecified atom stereocenters. The van der Waals surface area contributed by atoms with Crippen LogP contribution in [0.15, 0.2) is 0 Å². The van der Waals surface area contributed by atoms with Gasteiger partial charge in [-0.3, -0.25) is 14.4 Å². The lowest BCUT2D eigenvalue weighted by atomic mass is 10.00. The predicted molar refractivity (Wildman–Crippen MR) is 99.6 cm³/mol. The molecule has 0 saturated carbocycles. The van der Waals surface area contributed by atoms with Crippen LogP contribution in [-0.2, 0) is 19.1 Å². The first-order valence-electron chi connectivity index (χ1n) is 9.63. The van der Waals surface area contributed by atoms with Crippen LogP contribution in [0, 0.1) is 17.2 Å². The van der Waals surface area contributed by atoms with E-state index in [-0.39, 0.29) is 31.7 Å². The monoisotopic (exact) mass is 395 g/mol. The van der Waals surface area contributed by atoms with Gasteiger partial charge in [0.1, 0.15) is 23.9 Å². The third-order valence-electron chi connectivity index (χ3n) is 4.93. The van der Waals surface area contributed by atoms with Crippen molar-refractivity contribution in [1.29, 1.82) is 5.26 Å². The molecular weight excluding hydrogens is 365 g/mol. The van der Waals surface area contributed by atoms with Gasteiger partial charge in [-0.05, 0) is 48.0 Å². The highest BCUT2D eigenvalue weighted by atomic mass is 19.1. The number of hydrogen-bond donors (Lipinski definition) is 0. The van der Waals surface area contributed by atoms with Gasteiger partial charge in [0.15, 0.2) is 0 Å². The first-order chi connectivity index (χ1) is 12.7. The van der Waals surface area contributed by atoms with E-state index < -0.39 is 47.2 Å². The molecule has 0 spiro atoms. The van der Waals surface area contributed by atoms with E-state index in [4.69, 9.17) is 4.74 Å². The molecule has 0 aromatic rings. The maximum atomic E-state index is 13.8. The minimum absolute atomic E-state index is 0.0141. The Hall–Kier alpha value is -2.17. The summed E-state index contributed by atoms with van der Waals surface area (Å²) in [5.41, 5.74) is -1.32. The van der Waals surface area contributed by atoms with E-state index in [2.05, 4.69) is 0 Å². The zero-order valence-corrected chi connectivity index (χ0v) is 17.5. The van der Waals surface area contributed by atoms with E-state index in [0.717, 1.165) is 0 Å². The third kappa shape index (κ3) is 4.81. The summed E-state index contributed by atoms with van der Waals surface area (Å²) >= 11 is 0. The molecule has 0 aromatic carbocycles. The summed E-state index contributed by atoms with van der Waals surface area (Å²) in [6.07, 6.45) is -1.22. The second-order valence-corrected chi connectivity index (χ2v) is 9.59. The van der Waals surface area contributed by atoms with Crippen molar-refractivity contribution in [2.75, 3.05) is 6.54 Å². The van der Waals surface area contributed by atoms with Crippen LogP contribution in [0.25, 0.3) is 0 Å². The summed E-state index contributed by atoms with van der Waals surface area (Å²) in [5.74, 6) is -1.89. The summed E-state index contributed by atoms with van der Waals surface area (Å²) in [6, 6.07) is 0.323. The van der Waals surface area contributed by atoms with Crippen molar-refractivity contribution in [1.82, 2.24) is 9.80 Å². The fraction of sp³-hybridized carbons (Fsp3) is 0.800. The van der Waals surface area contributed by atoms with Crippen molar-refractivity contribution < 1.29 is 23.5 Å². The number of halogens is 1. The molecule has 28 heavy (non-hydrogen) atoms. The Bertz CT molecular complexity index is 689. The molecule has 2 rings (SSSR count). The number of hydrogen-bond acceptors (Lipinski definition) is 5. The van der Waals surface area contributed by atoms with E-state index in [9.17, 15) is 24.0 Å². The van der Waals surface area contributed by atoms with Crippen LogP contribution in [-0.4, -0.2) is 63.5 Å². The van der Waals surface area contributed by atoms with E-state index in [1.54, 1.807) is 20.8 Å². The molecule has 0 N–H and O–H groups in total. The van der Waals surface area contributed by atoms with Crippen LogP contribution in [0.3, 0.4) is 0 Å². The normalized spacial score (nSPS) is 28.4. The quantitative estimate of drug-likeness (QED) is 0.683. The largest absolute Gasteiger partial charge is 0.460 e. The van der Waals surface area contributed by atoms with Crippen LogP contribution < -0.4 is 0 Å². The molecule has 0 aliphatic carbocycles. The number of likely N-dealkylation sites (tertiary alicyclic amines) is 2. The topological polar surface area (TPSA) is 90.7 Å². The van der Waals surface area contributed by atoms with Crippen LogP contribution in [0.1, 0.15) is 60.8 Å².